The van der Waals surface area contributed by atoms with E-state index >= 15 is 0 Å². The van der Waals surface area contributed by atoms with Gasteiger partial charge < -0.3 is 10.8 Å². The van der Waals surface area contributed by atoms with Gasteiger partial charge in [-0.05, 0) is 23.8 Å². The van der Waals surface area contributed by atoms with E-state index in [-0.39, 0.29) is 0 Å². The molecule has 2 nitrogen and oxygen atoms in total. The lowest BCUT2D eigenvalue weighted by molar-refractivity contribution is 0.143. The lowest BCUT2D eigenvalue weighted by Gasteiger charge is -2.20. The zero-order valence-electron chi connectivity index (χ0n) is 10.3. The summed E-state index contributed by atoms with van der Waals surface area (Å²) < 4.78 is 14.4. The van der Waals surface area contributed by atoms with Crippen molar-refractivity contribution in [2.24, 2.45) is 5.73 Å². The summed E-state index contributed by atoms with van der Waals surface area (Å²) in [5, 5.41) is 10.1. The van der Waals surface area contributed by atoms with Crippen LogP contribution in [0.2, 0.25) is 0 Å². The first-order valence-electron chi connectivity index (χ1n) is 6.00. The Balaban J connectivity index is 2.14. The Labute approximate surface area is 120 Å². The Hall–Kier alpha value is -1.23. The fraction of sp³-hybridized carbons (Fsp3) is 0.200. The molecule has 0 aromatic heterocycles. The summed E-state index contributed by atoms with van der Waals surface area (Å²) in [6, 6.07) is 13.3. The molecule has 0 unspecified atom stereocenters. The highest BCUT2D eigenvalue weighted by molar-refractivity contribution is 9.10. The van der Waals surface area contributed by atoms with Crippen LogP contribution in [0.1, 0.15) is 17.2 Å². The van der Waals surface area contributed by atoms with Gasteiger partial charge in [-0.2, -0.15) is 0 Å². The van der Waals surface area contributed by atoms with E-state index in [2.05, 4.69) is 15.9 Å². The molecule has 3 N–H and O–H groups in total. The van der Waals surface area contributed by atoms with Crippen LogP contribution in [0.5, 0.6) is 0 Å². The molecule has 19 heavy (non-hydrogen) atoms. The Morgan fingerprint density at radius 2 is 1.84 bits per heavy atom. The summed E-state index contributed by atoms with van der Waals surface area (Å²) in [6.45, 7) is 0. The summed E-state index contributed by atoms with van der Waals surface area (Å²) in [6.07, 6.45) is -0.431. The first-order chi connectivity index (χ1) is 9.08. The molecule has 2 atom stereocenters. The second-order valence-electron chi connectivity index (χ2n) is 4.45. The van der Waals surface area contributed by atoms with Crippen LogP contribution in [0.4, 0.5) is 4.39 Å². The topological polar surface area (TPSA) is 46.2 Å². The molecular weight excluding hydrogens is 309 g/mol. The smallest absolute Gasteiger partial charge is 0.128 e. The Morgan fingerprint density at radius 3 is 2.53 bits per heavy atom. The van der Waals surface area contributed by atoms with E-state index in [9.17, 15) is 9.50 Å². The van der Waals surface area contributed by atoms with Crippen LogP contribution in [0.3, 0.4) is 0 Å². The third-order valence-corrected chi connectivity index (χ3v) is 3.51. The van der Waals surface area contributed by atoms with Crippen molar-refractivity contribution in [1.82, 2.24) is 0 Å². The van der Waals surface area contributed by atoms with Crippen molar-refractivity contribution in [1.29, 1.82) is 0 Å². The molecule has 0 radical (unpaired) electrons. The van der Waals surface area contributed by atoms with Crippen LogP contribution < -0.4 is 5.73 Å². The first-order valence-corrected chi connectivity index (χ1v) is 6.80. The van der Waals surface area contributed by atoms with Gasteiger partial charge in [-0.25, -0.2) is 4.39 Å². The molecule has 2 aromatic carbocycles. The zero-order valence-corrected chi connectivity index (χ0v) is 11.8. The van der Waals surface area contributed by atoms with Crippen LogP contribution in [0.15, 0.2) is 53.0 Å². The van der Waals surface area contributed by atoms with Crippen LogP contribution in [0.25, 0.3) is 0 Å². The van der Waals surface area contributed by atoms with Crippen molar-refractivity contribution in [2.75, 3.05) is 0 Å². The van der Waals surface area contributed by atoms with Gasteiger partial charge in [0.2, 0.25) is 0 Å². The highest BCUT2D eigenvalue weighted by Gasteiger charge is 2.20. The quantitative estimate of drug-likeness (QED) is 0.907. The molecule has 0 bridgehead atoms. The molecule has 2 aromatic rings. The molecule has 100 valence electrons. The van der Waals surface area contributed by atoms with Gasteiger partial charge in [0.15, 0.2) is 0 Å². The molecule has 4 heteroatoms. The molecular formula is C15H15BrFNO. The van der Waals surface area contributed by atoms with Gasteiger partial charge in [0, 0.05) is 16.5 Å². The monoisotopic (exact) mass is 323 g/mol. The maximum Gasteiger partial charge on any atom is 0.128 e. The van der Waals surface area contributed by atoms with Crippen molar-refractivity contribution in [3.8, 4) is 0 Å². The summed E-state index contributed by atoms with van der Waals surface area (Å²) in [4.78, 5) is 0. The van der Waals surface area contributed by atoms with Crippen LogP contribution in [-0.4, -0.2) is 11.2 Å². The average molecular weight is 324 g/mol. The fourth-order valence-corrected chi connectivity index (χ4v) is 2.34. The SMILES string of the molecule is N[C@H](c1cc(Br)ccc1F)[C@@H](O)Cc1ccccc1. The largest absolute Gasteiger partial charge is 0.391 e. The highest BCUT2D eigenvalue weighted by Crippen LogP contribution is 2.24. The molecule has 0 spiro atoms. The zero-order chi connectivity index (χ0) is 13.8. The number of aliphatic hydroxyl groups excluding tert-OH is 1. The molecule has 0 fully saturated rings. The second-order valence-corrected chi connectivity index (χ2v) is 5.36. The summed E-state index contributed by atoms with van der Waals surface area (Å²) in [5.41, 5.74) is 7.24. The van der Waals surface area contributed by atoms with E-state index in [1.807, 2.05) is 30.3 Å². The van der Waals surface area contributed by atoms with E-state index in [4.69, 9.17) is 5.73 Å². The fourth-order valence-electron chi connectivity index (χ4n) is 1.96. The van der Waals surface area contributed by atoms with E-state index in [0.29, 0.717) is 12.0 Å². The number of rotatable bonds is 4. The minimum Gasteiger partial charge on any atom is -0.391 e. The minimum atomic E-state index is -0.828. The van der Waals surface area contributed by atoms with Gasteiger partial charge in [0.1, 0.15) is 5.82 Å². The highest BCUT2D eigenvalue weighted by atomic mass is 79.9. The van der Waals surface area contributed by atoms with Crippen molar-refractivity contribution in [2.45, 2.75) is 18.6 Å². The number of aliphatic hydroxyl groups is 1. The number of hydrogen-bond donors (Lipinski definition) is 2. The molecule has 2 rings (SSSR count). The van der Waals surface area contributed by atoms with Crippen molar-refractivity contribution >= 4 is 15.9 Å². The number of halogens is 2. The Morgan fingerprint density at radius 1 is 1.16 bits per heavy atom. The van der Waals surface area contributed by atoms with E-state index in [1.165, 1.54) is 6.07 Å². The minimum absolute atomic E-state index is 0.317. The predicted molar refractivity (Wildman–Crippen MR) is 77.2 cm³/mol. The lowest BCUT2D eigenvalue weighted by Crippen LogP contribution is -2.29. The molecule has 0 saturated heterocycles. The summed E-state index contributed by atoms with van der Waals surface area (Å²) >= 11 is 3.28. The molecule has 0 aliphatic rings. The number of hydrogen-bond acceptors (Lipinski definition) is 2. The predicted octanol–water partition coefficient (Wildman–Crippen LogP) is 3.19. The van der Waals surface area contributed by atoms with Crippen LogP contribution >= 0.6 is 15.9 Å². The summed E-state index contributed by atoms with van der Waals surface area (Å²) in [5.74, 6) is -0.400. The molecule has 0 aliphatic heterocycles. The number of nitrogens with two attached hydrogens (primary N) is 1. The van der Waals surface area contributed by atoms with Crippen molar-refractivity contribution in [3.05, 3.63) is 69.9 Å². The molecule has 0 amide bonds. The first kappa shape index (κ1) is 14.2. The number of benzene rings is 2. The van der Waals surface area contributed by atoms with Gasteiger partial charge in [-0.1, -0.05) is 46.3 Å². The van der Waals surface area contributed by atoms with E-state index < -0.39 is 18.0 Å². The van der Waals surface area contributed by atoms with Crippen LogP contribution in [-0.2, 0) is 6.42 Å². The van der Waals surface area contributed by atoms with Gasteiger partial charge in [-0.3, -0.25) is 0 Å². The Bertz CT molecular complexity index is 547. The van der Waals surface area contributed by atoms with Crippen LogP contribution in [0, 0.1) is 5.82 Å². The van der Waals surface area contributed by atoms with Gasteiger partial charge in [0.25, 0.3) is 0 Å². The third kappa shape index (κ3) is 3.62. The molecule has 0 saturated carbocycles. The van der Waals surface area contributed by atoms with E-state index in [0.717, 1.165) is 10.0 Å². The Kier molecular flexibility index (Phi) is 4.69. The third-order valence-electron chi connectivity index (χ3n) is 3.02. The van der Waals surface area contributed by atoms with Gasteiger partial charge in [-0.15, -0.1) is 0 Å². The second kappa shape index (κ2) is 6.28. The standard InChI is InChI=1S/C15H15BrFNO/c16-11-6-7-13(17)12(9-11)15(18)14(19)8-10-4-2-1-3-5-10/h1-7,9,14-15,19H,8,18H2/t14-,15+/m0/s1. The summed E-state index contributed by atoms with van der Waals surface area (Å²) in [7, 11) is 0. The lowest BCUT2D eigenvalue weighted by atomic mass is 9.96. The normalized spacial score (nSPS) is 14.1. The maximum atomic E-state index is 13.7. The van der Waals surface area contributed by atoms with Gasteiger partial charge in [0.05, 0.1) is 12.1 Å². The maximum absolute atomic E-state index is 13.7. The average Bonchev–Trinajstić information content (AvgIpc) is 2.42. The van der Waals surface area contributed by atoms with Gasteiger partial charge >= 0.3 is 0 Å². The molecule has 0 aliphatic carbocycles. The van der Waals surface area contributed by atoms with Crippen molar-refractivity contribution in [3.63, 3.8) is 0 Å². The van der Waals surface area contributed by atoms with Crippen molar-refractivity contribution < 1.29 is 9.50 Å². The van der Waals surface area contributed by atoms with E-state index in [1.54, 1.807) is 12.1 Å². The molecule has 0 heterocycles.